The molecule has 4 heterocycles. The highest BCUT2D eigenvalue weighted by molar-refractivity contribution is 7.97. The Hall–Kier alpha value is -2.85. The van der Waals surface area contributed by atoms with Gasteiger partial charge in [-0.2, -0.15) is 33.0 Å². The van der Waals surface area contributed by atoms with E-state index in [1.165, 1.54) is 4.31 Å². The molecule has 3 aromatic rings. The van der Waals surface area contributed by atoms with Crippen LogP contribution in [0.4, 0.5) is 19.1 Å². The molecule has 0 saturated carbocycles. The second kappa shape index (κ2) is 6.64. The van der Waals surface area contributed by atoms with Gasteiger partial charge in [-0.15, -0.1) is 5.10 Å². The normalized spacial score (nSPS) is 16.7. The number of hydrogen-bond acceptors (Lipinski definition) is 8. The Morgan fingerprint density at radius 2 is 2.18 bits per heavy atom. The van der Waals surface area contributed by atoms with Gasteiger partial charge in [-0.25, -0.2) is 9.29 Å². The zero-order valence-electron chi connectivity index (χ0n) is 14.6. The van der Waals surface area contributed by atoms with Crippen LogP contribution in [0.25, 0.3) is 17.0 Å². The van der Waals surface area contributed by atoms with Crippen molar-refractivity contribution in [1.29, 1.82) is 5.26 Å². The molecule has 146 valence electrons. The Bertz CT molecular complexity index is 1050. The minimum Gasteiger partial charge on any atom is -0.356 e. The molecular weight excluding hydrogens is 395 g/mol. The lowest BCUT2D eigenvalue weighted by atomic mass is 9.89. The molecule has 1 fully saturated rings. The first kappa shape index (κ1) is 18.5. The molecular formula is C15H14F3N9S. The van der Waals surface area contributed by atoms with Crippen LogP contribution in [0.15, 0.2) is 24.7 Å². The second-order valence-electron chi connectivity index (χ2n) is 6.29. The molecule has 0 aromatic carbocycles. The molecule has 13 heteroatoms. The molecule has 0 atom stereocenters. The minimum atomic E-state index is -4.36. The SMILES string of the molecule is CNc1nc2ccnc(-c3cnn(C4(CC#N)CN(SC(F)(F)F)C4)c3)n2n1. The molecule has 1 N–H and O–H groups in total. The molecule has 1 saturated heterocycles. The van der Waals surface area contributed by atoms with E-state index in [1.807, 2.05) is 0 Å². The number of halogens is 3. The molecule has 28 heavy (non-hydrogen) atoms. The van der Waals surface area contributed by atoms with E-state index in [1.54, 1.807) is 40.9 Å². The van der Waals surface area contributed by atoms with Gasteiger partial charge in [-0.05, 0) is 0 Å². The number of rotatable bonds is 5. The zero-order valence-corrected chi connectivity index (χ0v) is 15.4. The lowest BCUT2D eigenvalue weighted by Gasteiger charge is -2.48. The smallest absolute Gasteiger partial charge is 0.356 e. The summed E-state index contributed by atoms with van der Waals surface area (Å²) in [6.45, 7) is 0.132. The van der Waals surface area contributed by atoms with Gasteiger partial charge in [0.15, 0.2) is 11.5 Å². The van der Waals surface area contributed by atoms with Gasteiger partial charge in [0, 0.05) is 50.5 Å². The van der Waals surface area contributed by atoms with Crippen LogP contribution in [0.2, 0.25) is 0 Å². The topological polar surface area (TPSA) is 100.0 Å². The average Bonchev–Trinajstić information content (AvgIpc) is 3.25. The third-order valence-electron chi connectivity index (χ3n) is 4.39. The highest BCUT2D eigenvalue weighted by Gasteiger charge is 2.49. The van der Waals surface area contributed by atoms with E-state index in [4.69, 9.17) is 5.26 Å². The van der Waals surface area contributed by atoms with Crippen LogP contribution in [0.3, 0.4) is 0 Å². The van der Waals surface area contributed by atoms with Crippen molar-refractivity contribution in [3.8, 4) is 17.5 Å². The molecule has 0 unspecified atom stereocenters. The first-order valence-corrected chi connectivity index (χ1v) is 8.94. The highest BCUT2D eigenvalue weighted by Crippen LogP contribution is 2.43. The van der Waals surface area contributed by atoms with Gasteiger partial charge in [0.1, 0.15) is 5.54 Å². The number of alkyl halides is 3. The van der Waals surface area contributed by atoms with E-state index in [-0.39, 0.29) is 31.5 Å². The molecule has 4 rings (SSSR count). The summed E-state index contributed by atoms with van der Waals surface area (Å²) < 4.78 is 42.0. The first-order chi connectivity index (χ1) is 13.3. The first-order valence-electron chi connectivity index (χ1n) is 8.16. The van der Waals surface area contributed by atoms with Gasteiger partial charge in [0.25, 0.3) is 0 Å². The predicted octanol–water partition coefficient (Wildman–Crippen LogP) is 2.12. The zero-order chi connectivity index (χ0) is 19.9. The van der Waals surface area contributed by atoms with Crippen molar-refractivity contribution < 1.29 is 13.2 Å². The molecule has 3 aromatic heterocycles. The Balaban J connectivity index is 1.64. The van der Waals surface area contributed by atoms with Crippen LogP contribution in [-0.4, -0.2) is 59.3 Å². The van der Waals surface area contributed by atoms with Gasteiger partial charge in [-0.1, -0.05) is 0 Å². The number of nitrogens with one attached hydrogen (secondary N) is 1. The van der Waals surface area contributed by atoms with Crippen LogP contribution in [-0.2, 0) is 5.54 Å². The molecule has 0 radical (unpaired) electrons. The fourth-order valence-electron chi connectivity index (χ4n) is 3.12. The standard InChI is InChI=1S/C15H14F3N9S/c1-20-13-23-11-2-5-21-12(27(11)24-13)10-6-22-26(7-10)14(3-4-19)8-25(9-14)28-15(16,17)18/h2,5-7H,3,8-9H2,1H3,(H,20,24). The highest BCUT2D eigenvalue weighted by atomic mass is 32.2. The number of nitrogens with zero attached hydrogens (tertiary/aromatic N) is 8. The van der Waals surface area contributed by atoms with Crippen LogP contribution >= 0.6 is 11.9 Å². The van der Waals surface area contributed by atoms with Crippen molar-refractivity contribution in [1.82, 2.24) is 33.7 Å². The van der Waals surface area contributed by atoms with Gasteiger partial charge in [0.2, 0.25) is 5.95 Å². The Labute approximate surface area is 161 Å². The van der Waals surface area contributed by atoms with Crippen LogP contribution < -0.4 is 5.32 Å². The second-order valence-corrected chi connectivity index (χ2v) is 7.45. The Morgan fingerprint density at radius 3 is 2.86 bits per heavy atom. The average molecular weight is 409 g/mol. The van der Waals surface area contributed by atoms with Crippen LogP contribution in [0.1, 0.15) is 6.42 Å². The number of fused-ring (bicyclic) bond motifs is 1. The number of nitriles is 1. The molecule has 1 aliphatic rings. The van der Waals surface area contributed by atoms with E-state index in [9.17, 15) is 13.2 Å². The molecule has 1 aliphatic heterocycles. The van der Waals surface area contributed by atoms with Crippen LogP contribution in [0, 0.1) is 11.3 Å². The van der Waals surface area contributed by atoms with E-state index < -0.39 is 11.0 Å². The van der Waals surface area contributed by atoms with Crippen molar-refractivity contribution in [2.75, 3.05) is 25.5 Å². The minimum absolute atomic E-state index is 0.0495. The summed E-state index contributed by atoms with van der Waals surface area (Å²) in [4.78, 5) is 8.61. The van der Waals surface area contributed by atoms with Crippen molar-refractivity contribution in [3.05, 3.63) is 24.7 Å². The number of anilines is 1. The van der Waals surface area contributed by atoms with Crippen molar-refractivity contribution >= 4 is 23.5 Å². The van der Waals surface area contributed by atoms with Gasteiger partial charge in [-0.3, -0.25) is 4.68 Å². The van der Waals surface area contributed by atoms with Crippen molar-refractivity contribution in [3.63, 3.8) is 0 Å². The maximum Gasteiger partial charge on any atom is 0.456 e. The summed E-state index contributed by atoms with van der Waals surface area (Å²) in [5, 5.41) is 20.6. The number of hydrogen-bond donors (Lipinski definition) is 1. The molecule has 0 bridgehead atoms. The maximum absolute atomic E-state index is 12.6. The molecule has 0 spiro atoms. The fourth-order valence-corrected chi connectivity index (χ4v) is 4.03. The van der Waals surface area contributed by atoms with Gasteiger partial charge in [0.05, 0.1) is 24.3 Å². The van der Waals surface area contributed by atoms with Gasteiger partial charge < -0.3 is 5.32 Å². The quantitative estimate of drug-likeness (QED) is 0.640. The lowest BCUT2D eigenvalue weighted by molar-refractivity contribution is -0.0417. The van der Waals surface area contributed by atoms with Crippen LogP contribution in [0.5, 0.6) is 0 Å². The maximum atomic E-state index is 12.6. The predicted molar refractivity (Wildman–Crippen MR) is 95.0 cm³/mol. The summed E-state index contributed by atoms with van der Waals surface area (Å²) in [6.07, 6.45) is 4.87. The fraction of sp³-hybridized carbons (Fsp3) is 0.400. The molecule has 0 amide bonds. The summed E-state index contributed by atoms with van der Waals surface area (Å²) in [7, 11) is 1.70. The molecule has 0 aliphatic carbocycles. The summed E-state index contributed by atoms with van der Waals surface area (Å²) >= 11 is -0.182. The largest absolute Gasteiger partial charge is 0.456 e. The monoisotopic (exact) mass is 409 g/mol. The third-order valence-corrected chi connectivity index (χ3v) is 5.11. The van der Waals surface area contributed by atoms with E-state index in [2.05, 4.69) is 31.6 Å². The Kier molecular flexibility index (Phi) is 4.39. The summed E-state index contributed by atoms with van der Waals surface area (Å²) in [6, 6.07) is 3.76. The number of aromatic nitrogens is 6. The van der Waals surface area contributed by atoms with Crippen molar-refractivity contribution in [2.24, 2.45) is 0 Å². The summed E-state index contributed by atoms with van der Waals surface area (Å²) in [5.41, 5.74) is -3.95. The molecule has 9 nitrogen and oxygen atoms in total. The van der Waals surface area contributed by atoms with E-state index in [0.29, 0.717) is 23.0 Å². The summed E-state index contributed by atoms with van der Waals surface area (Å²) in [5.74, 6) is 0.923. The van der Waals surface area contributed by atoms with E-state index in [0.717, 1.165) is 0 Å². The van der Waals surface area contributed by atoms with E-state index >= 15 is 0 Å². The third kappa shape index (κ3) is 3.25. The Morgan fingerprint density at radius 1 is 1.39 bits per heavy atom. The lowest BCUT2D eigenvalue weighted by Crippen LogP contribution is -2.60. The van der Waals surface area contributed by atoms with Crippen molar-refractivity contribution in [2.45, 2.75) is 17.5 Å². The van der Waals surface area contributed by atoms with Gasteiger partial charge >= 0.3 is 5.51 Å².